The van der Waals surface area contributed by atoms with Crippen molar-refractivity contribution in [1.82, 2.24) is 15.0 Å². The molecule has 4 heterocycles. The van der Waals surface area contributed by atoms with E-state index in [9.17, 15) is 24.7 Å². The zero-order chi connectivity index (χ0) is 51.6. The van der Waals surface area contributed by atoms with E-state index < -0.39 is 55.6 Å². The number of aryl methyl sites for hydroxylation is 3. The Morgan fingerprint density at radius 1 is 0.683 bits per heavy atom. The molecule has 0 amide bonds. The van der Waals surface area contributed by atoms with E-state index in [2.05, 4.69) is 27.1 Å². The maximum absolute atomic E-state index is 13.7. The van der Waals surface area contributed by atoms with Gasteiger partial charge in [-0.15, -0.1) is 54.1 Å². The molecule has 10 heteroatoms. The predicted molar refractivity (Wildman–Crippen MR) is 225 cm³/mol. The number of halogens is 5. The van der Waals surface area contributed by atoms with Crippen molar-refractivity contribution in [2.75, 3.05) is 0 Å². The van der Waals surface area contributed by atoms with Gasteiger partial charge in [0.05, 0.1) is 5.58 Å². The van der Waals surface area contributed by atoms with Gasteiger partial charge in [0.15, 0.2) is 0 Å². The van der Waals surface area contributed by atoms with Crippen LogP contribution in [0.5, 0.6) is 0 Å². The van der Waals surface area contributed by atoms with Gasteiger partial charge in [0.2, 0.25) is 5.71 Å². The summed E-state index contributed by atoms with van der Waals surface area (Å²) in [5, 5.41) is 1.30. The second-order valence-electron chi connectivity index (χ2n) is 14.1. The molecular weight excluding hydrogens is 946 g/mol. The van der Waals surface area contributed by atoms with Gasteiger partial charge in [-0.2, -0.15) is 22.0 Å². The number of hydrogen-bond donors (Lipinski definition) is 0. The number of rotatable bonds is 7. The van der Waals surface area contributed by atoms with Crippen molar-refractivity contribution >= 4 is 22.1 Å². The molecule has 4 nitrogen and oxygen atoms in total. The smallest absolute Gasteiger partial charge is 0.458 e. The number of benzene rings is 4. The normalized spacial score (nSPS) is 15.5. The third-order valence-corrected chi connectivity index (χ3v) is 9.63. The quantitative estimate of drug-likeness (QED) is 0.118. The van der Waals surface area contributed by atoms with Crippen LogP contribution in [0.15, 0.2) is 120 Å². The molecule has 0 aliphatic rings. The Morgan fingerprint density at radius 2 is 1.37 bits per heavy atom. The summed E-state index contributed by atoms with van der Waals surface area (Å²) in [4.78, 5) is 12.5. The third-order valence-electron chi connectivity index (χ3n) is 9.63. The maximum atomic E-state index is 13.7. The number of fused-ring (bicyclic) bond motifs is 3. The van der Waals surface area contributed by atoms with Crippen LogP contribution < -0.4 is 0 Å². The van der Waals surface area contributed by atoms with E-state index in [4.69, 9.17) is 16.8 Å². The average Bonchev–Trinajstić information content (AvgIpc) is 3.65. The van der Waals surface area contributed by atoms with Gasteiger partial charge in [0.25, 0.3) is 0 Å². The zero-order valence-corrected chi connectivity index (χ0v) is 34.8. The summed E-state index contributed by atoms with van der Waals surface area (Å²) in [6, 6.07) is 34.0. The van der Waals surface area contributed by atoms with Gasteiger partial charge in [-0.3, -0.25) is 0 Å². The van der Waals surface area contributed by atoms with Crippen molar-refractivity contribution in [3.63, 3.8) is 0 Å². The van der Waals surface area contributed by atoms with E-state index in [0.29, 0.717) is 62.1 Å². The largest absolute Gasteiger partial charge is 0.486 e. The number of alkyl halides is 5. The first-order chi connectivity index (χ1) is 32.3. The van der Waals surface area contributed by atoms with Gasteiger partial charge in [-0.25, -0.2) is 4.98 Å². The van der Waals surface area contributed by atoms with Crippen LogP contribution in [0.2, 0.25) is 0 Å². The molecule has 0 aliphatic carbocycles. The molecule has 0 atom stereocenters. The standard InChI is InChI=1S/C36H33N2O.C14H9F5N.Ir/c1-21(2)30-17-26(25-11-8-7-9-12-25)18-31(22(3)4)34(30)32-19-33(37-20-23(32)5)29-14-10-13-27-28-16-15-24(6)38-36(28)39-35(27)29;1-9-8-20-12(10-5-3-2-4-6-10)7-11(9)13(15,16)14(17,18)19;/h7-13,15-22H,1-6H3;2-5,7-8H,1H3;/q2*-1;/i5D3,6D3,21D,22D;1D3;. The van der Waals surface area contributed by atoms with Crippen molar-refractivity contribution < 1.29 is 61.6 Å². The zero-order valence-electron chi connectivity index (χ0n) is 43.4. The summed E-state index contributed by atoms with van der Waals surface area (Å²) in [5.41, 5.74) is 2.14. The molecule has 60 heavy (non-hydrogen) atoms. The van der Waals surface area contributed by atoms with Gasteiger partial charge in [-0.1, -0.05) is 93.2 Å². The molecule has 0 unspecified atom stereocenters. The number of hydrogen-bond acceptors (Lipinski definition) is 4. The van der Waals surface area contributed by atoms with Crippen molar-refractivity contribution in [1.29, 1.82) is 0 Å². The number of pyridine rings is 3. The molecule has 8 aromatic rings. The molecule has 1 radical (unpaired) electrons. The molecule has 0 N–H and O–H groups in total. The van der Waals surface area contributed by atoms with Crippen LogP contribution in [0.1, 0.15) is 88.1 Å². The van der Waals surface area contributed by atoms with Gasteiger partial charge < -0.3 is 14.4 Å². The van der Waals surface area contributed by atoms with Crippen molar-refractivity contribution in [2.24, 2.45) is 0 Å². The van der Waals surface area contributed by atoms with Crippen molar-refractivity contribution in [2.45, 2.75) is 72.1 Å². The molecule has 0 aliphatic heterocycles. The second kappa shape index (κ2) is 17.6. The monoisotopic (exact) mass is 999 g/mol. The molecule has 0 bridgehead atoms. The fourth-order valence-electron chi connectivity index (χ4n) is 6.70. The number of furan rings is 1. The Labute approximate surface area is 375 Å². The Balaban J connectivity index is 0.000000290. The minimum absolute atomic E-state index is 0. The van der Waals surface area contributed by atoms with E-state index >= 15 is 0 Å². The van der Waals surface area contributed by atoms with Crippen LogP contribution in [-0.2, 0) is 26.0 Å². The fraction of sp³-hybridized carbons (Fsp3) is 0.220. The van der Waals surface area contributed by atoms with E-state index in [-0.39, 0.29) is 48.3 Å². The topological polar surface area (TPSA) is 51.8 Å². The minimum Gasteiger partial charge on any atom is -0.486 e. The molecule has 8 rings (SSSR count). The van der Waals surface area contributed by atoms with E-state index in [1.807, 2.05) is 42.5 Å². The second-order valence-corrected chi connectivity index (χ2v) is 14.1. The third kappa shape index (κ3) is 8.68. The van der Waals surface area contributed by atoms with Gasteiger partial charge >= 0.3 is 12.1 Å². The fourth-order valence-corrected chi connectivity index (χ4v) is 6.70. The average molecular weight is 999 g/mol. The summed E-state index contributed by atoms with van der Waals surface area (Å²) in [6.45, 7) is -1.12. The van der Waals surface area contributed by atoms with Crippen LogP contribution in [-0.4, -0.2) is 21.1 Å². The first-order valence-electron chi connectivity index (χ1n) is 23.7. The molecule has 4 aromatic carbocycles. The van der Waals surface area contributed by atoms with E-state index in [1.54, 1.807) is 58.0 Å². The summed E-state index contributed by atoms with van der Waals surface area (Å²) >= 11 is 0. The van der Waals surface area contributed by atoms with E-state index in [1.165, 1.54) is 30.5 Å². The molecule has 0 saturated carbocycles. The SMILES string of the molecule is [2H]C([2H])([2H])c1ccc2c(n1)oc1c(-c3cc(-c4c(C([2H])(C)C)cc(-c5ccccc5)cc4C([2H])(C)C)c(C([2H])([2H])[2H])cn3)[c-]ccc12.[2H]C([2H])([2H])c1cnc(-c2[c-]cccc2)cc1C(F)(F)C(F)(F)F.[Ir]. The first-order valence-corrected chi connectivity index (χ1v) is 18.2. The summed E-state index contributed by atoms with van der Waals surface area (Å²) in [7, 11) is 0. The van der Waals surface area contributed by atoms with Gasteiger partial charge in [-0.05, 0) is 100 Å². The molecule has 309 valence electrons. The predicted octanol–water partition coefficient (Wildman–Crippen LogP) is 14.5. The Morgan fingerprint density at radius 3 is 2.00 bits per heavy atom. The number of aromatic nitrogens is 3. The summed E-state index contributed by atoms with van der Waals surface area (Å²) < 4.78 is 160. The van der Waals surface area contributed by atoms with Gasteiger partial charge in [0.1, 0.15) is 0 Å². The molecule has 4 aromatic heterocycles. The van der Waals surface area contributed by atoms with Crippen LogP contribution in [0, 0.1) is 32.7 Å². The van der Waals surface area contributed by atoms with Gasteiger partial charge in [0, 0.05) is 64.2 Å². The molecular formula is C50H42F5IrN3O-2. The van der Waals surface area contributed by atoms with Crippen LogP contribution in [0.25, 0.3) is 66.8 Å². The Hall–Kier alpha value is -5.57. The van der Waals surface area contributed by atoms with Crippen LogP contribution in [0.4, 0.5) is 22.0 Å². The number of nitrogens with zero attached hydrogens (tertiary/aromatic N) is 3. The molecule has 0 saturated heterocycles. The Bertz CT molecular complexity index is 3180. The molecule has 0 spiro atoms. The van der Waals surface area contributed by atoms with Crippen molar-refractivity contribution in [3.05, 3.63) is 161 Å². The summed E-state index contributed by atoms with van der Waals surface area (Å²) in [5.74, 6) is -7.66. The minimum atomic E-state index is -5.92. The van der Waals surface area contributed by atoms with Crippen molar-refractivity contribution in [3.8, 4) is 44.8 Å². The summed E-state index contributed by atoms with van der Waals surface area (Å²) in [6.07, 6.45) is -4.07. The maximum Gasteiger partial charge on any atom is 0.458 e. The van der Waals surface area contributed by atoms with Crippen LogP contribution >= 0.6 is 0 Å². The van der Waals surface area contributed by atoms with E-state index in [0.717, 1.165) is 11.1 Å². The Kier molecular flexibility index (Phi) is 9.17. The van der Waals surface area contributed by atoms with Crippen LogP contribution in [0.3, 0.4) is 0 Å². The molecule has 0 fully saturated rings. The first kappa shape index (κ1) is 31.3.